The molecule has 72 valence electrons. The van der Waals surface area contributed by atoms with Crippen molar-refractivity contribution in [3.05, 3.63) is 12.2 Å². The van der Waals surface area contributed by atoms with Gasteiger partial charge in [-0.2, -0.15) is 0 Å². The van der Waals surface area contributed by atoms with Crippen molar-refractivity contribution in [1.29, 1.82) is 0 Å². The summed E-state index contributed by atoms with van der Waals surface area (Å²) < 4.78 is 4.64. The van der Waals surface area contributed by atoms with Crippen LogP contribution in [0, 0.1) is 11.8 Å². The van der Waals surface area contributed by atoms with Gasteiger partial charge in [0.25, 0.3) is 0 Å². The van der Waals surface area contributed by atoms with Crippen LogP contribution < -0.4 is 0 Å². The first kappa shape index (κ1) is 11.7. The lowest BCUT2D eigenvalue weighted by atomic mass is 10.3. The van der Waals surface area contributed by atoms with Crippen molar-refractivity contribution in [3.8, 4) is 11.8 Å². The molecule has 0 bridgehead atoms. The maximum absolute atomic E-state index is 10.7. The van der Waals surface area contributed by atoms with E-state index in [1.54, 1.807) is 6.92 Å². The molecule has 0 aromatic rings. The average molecular weight is 182 g/mol. The van der Waals surface area contributed by atoms with Crippen molar-refractivity contribution in [2.24, 2.45) is 0 Å². The second-order valence-corrected chi connectivity index (χ2v) is 2.23. The standard InChI is InChI=1S/C10H14O3/c1-2-13-10(12)8-6-4-3-5-7-9-11/h6,8,11H,2,5,7,9H2,1H3/b8-6-. The molecule has 0 aliphatic heterocycles. The maximum Gasteiger partial charge on any atom is 0.331 e. The number of unbranched alkanes of at least 4 members (excludes halogenated alkanes) is 1. The lowest BCUT2D eigenvalue weighted by molar-refractivity contribution is -0.137. The van der Waals surface area contributed by atoms with Gasteiger partial charge in [0, 0.05) is 19.1 Å². The summed E-state index contributed by atoms with van der Waals surface area (Å²) in [5.74, 6) is 5.07. The van der Waals surface area contributed by atoms with E-state index in [9.17, 15) is 4.79 Å². The number of aliphatic hydroxyl groups excluding tert-OH is 1. The Bertz CT molecular complexity index is 220. The zero-order valence-electron chi connectivity index (χ0n) is 7.75. The van der Waals surface area contributed by atoms with Crippen LogP contribution in [0.25, 0.3) is 0 Å². The highest BCUT2D eigenvalue weighted by molar-refractivity contribution is 5.82. The number of hydrogen-bond acceptors (Lipinski definition) is 3. The van der Waals surface area contributed by atoms with Crippen LogP contribution in [0.5, 0.6) is 0 Å². The molecule has 0 unspecified atom stereocenters. The summed E-state index contributed by atoms with van der Waals surface area (Å²) in [5.41, 5.74) is 0. The number of ether oxygens (including phenoxy) is 1. The zero-order chi connectivity index (χ0) is 9.94. The molecule has 0 spiro atoms. The van der Waals surface area contributed by atoms with Crippen molar-refractivity contribution in [2.75, 3.05) is 13.2 Å². The topological polar surface area (TPSA) is 46.5 Å². The Hall–Kier alpha value is -1.27. The van der Waals surface area contributed by atoms with E-state index in [2.05, 4.69) is 16.6 Å². The minimum absolute atomic E-state index is 0.149. The third-order valence-corrected chi connectivity index (χ3v) is 1.15. The third-order valence-electron chi connectivity index (χ3n) is 1.15. The van der Waals surface area contributed by atoms with Gasteiger partial charge in [0.05, 0.1) is 6.61 Å². The van der Waals surface area contributed by atoms with Crippen molar-refractivity contribution < 1.29 is 14.6 Å². The molecule has 0 saturated carbocycles. The second-order valence-electron chi connectivity index (χ2n) is 2.23. The van der Waals surface area contributed by atoms with Gasteiger partial charge in [-0.3, -0.25) is 0 Å². The molecule has 0 amide bonds. The summed E-state index contributed by atoms with van der Waals surface area (Å²) in [6, 6.07) is 0. The van der Waals surface area contributed by atoms with Crippen LogP contribution >= 0.6 is 0 Å². The summed E-state index contributed by atoms with van der Waals surface area (Å²) in [6.07, 6.45) is 4.05. The number of aliphatic hydroxyl groups is 1. The second kappa shape index (κ2) is 8.82. The Labute approximate surface area is 78.4 Å². The molecule has 0 saturated heterocycles. The van der Waals surface area contributed by atoms with Gasteiger partial charge in [-0.15, -0.1) is 0 Å². The van der Waals surface area contributed by atoms with E-state index >= 15 is 0 Å². The fourth-order valence-corrected chi connectivity index (χ4v) is 0.599. The normalized spacial score (nSPS) is 9.38. The maximum atomic E-state index is 10.7. The molecular formula is C10H14O3. The predicted octanol–water partition coefficient (Wildman–Crippen LogP) is 0.882. The van der Waals surface area contributed by atoms with Gasteiger partial charge in [0.1, 0.15) is 0 Å². The molecule has 3 heteroatoms. The molecule has 3 nitrogen and oxygen atoms in total. The van der Waals surface area contributed by atoms with Gasteiger partial charge in [-0.1, -0.05) is 11.8 Å². The Kier molecular flexibility index (Phi) is 7.96. The molecule has 1 N–H and O–H groups in total. The average Bonchev–Trinajstić information content (AvgIpc) is 2.11. The molecule has 0 aliphatic rings. The Morgan fingerprint density at radius 1 is 1.62 bits per heavy atom. The largest absolute Gasteiger partial charge is 0.463 e. The van der Waals surface area contributed by atoms with Crippen LogP contribution in [0.2, 0.25) is 0 Å². The molecule has 0 aliphatic carbocycles. The highest BCUT2D eigenvalue weighted by Gasteiger charge is 1.89. The Morgan fingerprint density at radius 3 is 3.00 bits per heavy atom. The first-order valence-corrected chi connectivity index (χ1v) is 4.23. The zero-order valence-corrected chi connectivity index (χ0v) is 7.75. The number of rotatable bonds is 4. The van der Waals surface area contributed by atoms with Crippen LogP contribution in [-0.2, 0) is 9.53 Å². The van der Waals surface area contributed by atoms with Gasteiger partial charge < -0.3 is 9.84 Å². The quantitative estimate of drug-likeness (QED) is 0.304. The van der Waals surface area contributed by atoms with Crippen molar-refractivity contribution in [1.82, 2.24) is 0 Å². The van der Waals surface area contributed by atoms with Crippen LogP contribution in [-0.4, -0.2) is 24.3 Å². The monoisotopic (exact) mass is 182 g/mol. The molecule has 0 fully saturated rings. The van der Waals surface area contributed by atoms with Crippen molar-refractivity contribution in [3.63, 3.8) is 0 Å². The highest BCUT2D eigenvalue weighted by atomic mass is 16.5. The SMILES string of the molecule is CCOC(=O)/C=C\C#CCCCO. The van der Waals surface area contributed by atoms with Crippen LogP contribution in [0.1, 0.15) is 19.8 Å². The van der Waals surface area contributed by atoms with Gasteiger partial charge in [-0.25, -0.2) is 4.79 Å². The van der Waals surface area contributed by atoms with Crippen molar-refractivity contribution >= 4 is 5.97 Å². The fourth-order valence-electron chi connectivity index (χ4n) is 0.599. The van der Waals surface area contributed by atoms with E-state index in [4.69, 9.17) is 5.11 Å². The van der Waals surface area contributed by atoms with Crippen LogP contribution in [0.3, 0.4) is 0 Å². The molecule has 0 aromatic carbocycles. The minimum Gasteiger partial charge on any atom is -0.463 e. The summed E-state index contributed by atoms with van der Waals surface area (Å²) in [7, 11) is 0. The van der Waals surface area contributed by atoms with Gasteiger partial charge in [0.15, 0.2) is 0 Å². The molecule has 13 heavy (non-hydrogen) atoms. The predicted molar refractivity (Wildman–Crippen MR) is 49.9 cm³/mol. The lowest BCUT2D eigenvalue weighted by Crippen LogP contribution is -1.98. The number of allylic oxidation sites excluding steroid dienone is 1. The minimum atomic E-state index is -0.376. The van der Waals surface area contributed by atoms with E-state index in [0.29, 0.717) is 19.4 Å². The van der Waals surface area contributed by atoms with Crippen LogP contribution in [0.15, 0.2) is 12.2 Å². The lowest BCUT2D eigenvalue weighted by Gasteiger charge is -1.91. The molecule has 0 atom stereocenters. The smallest absolute Gasteiger partial charge is 0.331 e. The fraction of sp³-hybridized carbons (Fsp3) is 0.500. The summed E-state index contributed by atoms with van der Waals surface area (Å²) in [4.78, 5) is 10.7. The molecule has 0 heterocycles. The third kappa shape index (κ3) is 8.64. The van der Waals surface area contributed by atoms with Crippen molar-refractivity contribution in [2.45, 2.75) is 19.8 Å². The highest BCUT2D eigenvalue weighted by Crippen LogP contribution is 1.83. The number of esters is 1. The van der Waals surface area contributed by atoms with Crippen LogP contribution in [0.4, 0.5) is 0 Å². The van der Waals surface area contributed by atoms with E-state index in [1.165, 1.54) is 12.2 Å². The van der Waals surface area contributed by atoms with Gasteiger partial charge >= 0.3 is 5.97 Å². The number of carbonyl (C=O) groups excluding carboxylic acids is 1. The van der Waals surface area contributed by atoms with E-state index in [1.807, 2.05) is 0 Å². The van der Waals surface area contributed by atoms with E-state index in [0.717, 1.165) is 0 Å². The summed E-state index contributed by atoms with van der Waals surface area (Å²) in [6.45, 7) is 2.27. The summed E-state index contributed by atoms with van der Waals surface area (Å²) >= 11 is 0. The molecule has 0 rings (SSSR count). The van der Waals surface area contributed by atoms with E-state index < -0.39 is 0 Å². The molecule has 0 radical (unpaired) electrons. The first-order valence-electron chi connectivity index (χ1n) is 4.23. The van der Waals surface area contributed by atoms with Gasteiger partial charge in [0.2, 0.25) is 0 Å². The molecule has 0 aromatic heterocycles. The van der Waals surface area contributed by atoms with Gasteiger partial charge in [-0.05, 0) is 19.4 Å². The Balaban J connectivity index is 3.58. The number of carbonyl (C=O) groups is 1. The molecular weight excluding hydrogens is 168 g/mol. The first-order chi connectivity index (χ1) is 6.31. The summed E-state index contributed by atoms with van der Waals surface area (Å²) in [5, 5.41) is 8.42. The number of hydrogen-bond donors (Lipinski definition) is 1. The Morgan fingerprint density at radius 2 is 2.38 bits per heavy atom. The van der Waals surface area contributed by atoms with E-state index in [-0.39, 0.29) is 12.6 Å².